The van der Waals surface area contributed by atoms with Gasteiger partial charge in [-0.1, -0.05) is 13.0 Å². The molecule has 0 atom stereocenters. The van der Waals surface area contributed by atoms with Crippen molar-refractivity contribution in [2.24, 2.45) is 5.14 Å². The van der Waals surface area contributed by atoms with Gasteiger partial charge in [-0.3, -0.25) is 0 Å². The van der Waals surface area contributed by atoms with E-state index in [4.69, 9.17) is 10.2 Å². The van der Waals surface area contributed by atoms with Crippen molar-refractivity contribution in [3.8, 4) is 0 Å². The molecule has 1 aromatic rings. The number of hydrogen-bond donors (Lipinski definition) is 3. The van der Waals surface area contributed by atoms with Crippen molar-refractivity contribution in [1.29, 1.82) is 0 Å². The van der Waals surface area contributed by atoms with Crippen LogP contribution >= 0.6 is 0 Å². The summed E-state index contributed by atoms with van der Waals surface area (Å²) < 4.78 is 47.5. The number of nitrogens with two attached hydrogens (primary N) is 1. The summed E-state index contributed by atoms with van der Waals surface area (Å²) in [5.74, 6) is -1.78. The standard InChI is InChI=1S/C11H16N2O6S2/c1-2-8-3-4-9(7-10(8)11(14)15)21(18,19)13-5-6-20(12,16)17/h3-4,7,13H,2,5-6H2,1H3,(H,14,15)(H2,12,16,17). The van der Waals surface area contributed by atoms with Crippen LogP contribution in [0.1, 0.15) is 22.8 Å². The largest absolute Gasteiger partial charge is 0.478 e. The Morgan fingerprint density at radius 2 is 1.90 bits per heavy atom. The van der Waals surface area contributed by atoms with Crippen LogP contribution in [0.5, 0.6) is 0 Å². The SMILES string of the molecule is CCc1ccc(S(=O)(=O)NCCS(N)(=O)=O)cc1C(=O)O. The fraction of sp³-hybridized carbons (Fsp3) is 0.364. The minimum atomic E-state index is -4.00. The lowest BCUT2D eigenvalue weighted by Gasteiger charge is -2.09. The van der Waals surface area contributed by atoms with Gasteiger partial charge in [-0.05, 0) is 24.1 Å². The van der Waals surface area contributed by atoms with Crippen LogP contribution in [0.2, 0.25) is 0 Å². The Balaban J connectivity index is 3.04. The normalized spacial score (nSPS) is 12.3. The molecule has 0 aliphatic heterocycles. The fourth-order valence-corrected chi connectivity index (χ4v) is 3.21. The molecule has 10 heteroatoms. The van der Waals surface area contributed by atoms with Crippen LogP contribution in [0.4, 0.5) is 0 Å². The Labute approximate surface area is 123 Å². The molecule has 0 unspecified atom stereocenters. The van der Waals surface area contributed by atoms with Crippen LogP contribution in [-0.4, -0.2) is 40.2 Å². The molecule has 1 aromatic carbocycles. The third-order valence-electron chi connectivity index (χ3n) is 2.68. The molecule has 118 valence electrons. The summed E-state index contributed by atoms with van der Waals surface area (Å²) >= 11 is 0. The van der Waals surface area contributed by atoms with Gasteiger partial charge in [0.2, 0.25) is 20.0 Å². The van der Waals surface area contributed by atoms with Gasteiger partial charge in [0, 0.05) is 6.54 Å². The molecule has 0 amide bonds. The molecule has 0 saturated carbocycles. The van der Waals surface area contributed by atoms with Crippen molar-refractivity contribution < 1.29 is 26.7 Å². The average molecular weight is 336 g/mol. The number of benzene rings is 1. The Kier molecular flexibility index (Phi) is 5.45. The second kappa shape index (κ2) is 6.52. The quantitative estimate of drug-likeness (QED) is 0.613. The number of primary sulfonamides is 1. The molecule has 0 heterocycles. The number of carboxylic acids is 1. The van der Waals surface area contributed by atoms with E-state index in [-0.39, 0.29) is 17.0 Å². The van der Waals surface area contributed by atoms with Crippen LogP contribution in [-0.2, 0) is 26.5 Å². The zero-order chi connectivity index (χ0) is 16.3. The second-order valence-corrected chi connectivity index (χ2v) is 7.74. The van der Waals surface area contributed by atoms with E-state index < -0.39 is 31.8 Å². The number of rotatable bonds is 7. The fourth-order valence-electron chi connectivity index (χ4n) is 1.63. The number of aryl methyl sites for hydroxylation is 1. The van der Waals surface area contributed by atoms with Crippen molar-refractivity contribution in [3.63, 3.8) is 0 Å². The first-order valence-corrected chi connectivity index (χ1v) is 9.13. The number of hydrogen-bond acceptors (Lipinski definition) is 5. The molecule has 1 rings (SSSR count). The molecule has 0 fully saturated rings. The number of carbonyl (C=O) groups is 1. The van der Waals surface area contributed by atoms with E-state index in [1.807, 2.05) is 0 Å². The molecule has 0 radical (unpaired) electrons. The van der Waals surface area contributed by atoms with Gasteiger partial charge in [-0.15, -0.1) is 0 Å². The highest BCUT2D eigenvalue weighted by molar-refractivity contribution is 7.90. The predicted octanol–water partition coefficient (Wildman–Crippen LogP) is -0.486. The summed E-state index contributed by atoms with van der Waals surface area (Å²) in [7, 11) is -7.78. The molecular weight excluding hydrogens is 320 g/mol. The van der Waals surface area contributed by atoms with Gasteiger partial charge < -0.3 is 5.11 Å². The first-order valence-electron chi connectivity index (χ1n) is 5.93. The summed E-state index contributed by atoms with van der Waals surface area (Å²) in [5.41, 5.74) is 0.401. The van der Waals surface area contributed by atoms with E-state index in [0.29, 0.717) is 12.0 Å². The molecule has 8 nitrogen and oxygen atoms in total. The lowest BCUT2D eigenvalue weighted by molar-refractivity contribution is 0.0695. The smallest absolute Gasteiger partial charge is 0.336 e. The highest BCUT2D eigenvalue weighted by atomic mass is 32.2. The maximum absolute atomic E-state index is 12.0. The average Bonchev–Trinajstić information content (AvgIpc) is 2.35. The van der Waals surface area contributed by atoms with Crippen molar-refractivity contribution in [2.75, 3.05) is 12.3 Å². The molecular formula is C11H16N2O6S2. The number of sulfonamides is 2. The first-order chi connectivity index (χ1) is 9.57. The molecule has 21 heavy (non-hydrogen) atoms. The number of aromatic carboxylic acids is 1. The molecule has 0 saturated heterocycles. The zero-order valence-corrected chi connectivity index (χ0v) is 12.9. The van der Waals surface area contributed by atoms with Crippen molar-refractivity contribution in [2.45, 2.75) is 18.2 Å². The van der Waals surface area contributed by atoms with Crippen LogP contribution in [0, 0.1) is 0 Å². The minimum Gasteiger partial charge on any atom is -0.478 e. The third kappa shape index (κ3) is 5.08. The second-order valence-electron chi connectivity index (χ2n) is 4.24. The molecule has 4 N–H and O–H groups in total. The van der Waals surface area contributed by atoms with Gasteiger partial charge in [0.1, 0.15) is 0 Å². The minimum absolute atomic E-state index is 0.105. The lowest BCUT2D eigenvalue weighted by atomic mass is 10.1. The topological polar surface area (TPSA) is 144 Å². The molecule has 0 aliphatic carbocycles. The summed E-state index contributed by atoms with van der Waals surface area (Å²) in [6.07, 6.45) is 0.445. The van der Waals surface area contributed by atoms with Crippen molar-refractivity contribution in [1.82, 2.24) is 4.72 Å². The Morgan fingerprint density at radius 1 is 1.29 bits per heavy atom. The zero-order valence-electron chi connectivity index (χ0n) is 11.2. The van der Waals surface area contributed by atoms with Crippen LogP contribution in [0.25, 0.3) is 0 Å². The number of nitrogens with one attached hydrogen (secondary N) is 1. The highest BCUT2D eigenvalue weighted by Crippen LogP contribution is 2.17. The monoisotopic (exact) mass is 336 g/mol. The Hall–Kier alpha value is -1.49. The van der Waals surface area contributed by atoms with E-state index in [9.17, 15) is 21.6 Å². The van der Waals surface area contributed by atoms with Crippen molar-refractivity contribution >= 4 is 26.0 Å². The van der Waals surface area contributed by atoms with E-state index in [1.165, 1.54) is 12.1 Å². The summed E-state index contributed by atoms with van der Waals surface area (Å²) in [5, 5.41) is 13.8. The van der Waals surface area contributed by atoms with Gasteiger partial charge in [0.05, 0.1) is 16.2 Å². The van der Waals surface area contributed by atoms with E-state index >= 15 is 0 Å². The summed E-state index contributed by atoms with van der Waals surface area (Å²) in [6, 6.07) is 3.72. The van der Waals surface area contributed by atoms with E-state index in [1.54, 1.807) is 6.92 Å². The molecule has 0 spiro atoms. The third-order valence-corrected chi connectivity index (χ3v) is 4.91. The molecule has 0 aromatic heterocycles. The Morgan fingerprint density at radius 3 is 2.38 bits per heavy atom. The predicted molar refractivity (Wildman–Crippen MR) is 75.9 cm³/mol. The number of carboxylic acid groups (broad SMARTS) is 1. The Bertz CT molecular complexity index is 740. The van der Waals surface area contributed by atoms with Crippen molar-refractivity contribution in [3.05, 3.63) is 29.3 Å². The molecule has 0 bridgehead atoms. The van der Waals surface area contributed by atoms with Gasteiger partial charge in [0.15, 0.2) is 0 Å². The molecule has 0 aliphatic rings. The van der Waals surface area contributed by atoms with E-state index in [2.05, 4.69) is 4.72 Å². The maximum Gasteiger partial charge on any atom is 0.336 e. The van der Waals surface area contributed by atoms with Gasteiger partial charge >= 0.3 is 5.97 Å². The van der Waals surface area contributed by atoms with E-state index in [0.717, 1.165) is 6.07 Å². The maximum atomic E-state index is 12.0. The highest BCUT2D eigenvalue weighted by Gasteiger charge is 2.18. The summed E-state index contributed by atoms with van der Waals surface area (Å²) in [4.78, 5) is 10.9. The van der Waals surface area contributed by atoms with Crippen LogP contribution in [0.3, 0.4) is 0 Å². The lowest BCUT2D eigenvalue weighted by Crippen LogP contribution is -2.31. The van der Waals surface area contributed by atoms with Gasteiger partial charge in [-0.25, -0.2) is 31.5 Å². The van der Waals surface area contributed by atoms with Gasteiger partial charge in [0.25, 0.3) is 0 Å². The van der Waals surface area contributed by atoms with Crippen LogP contribution in [0.15, 0.2) is 23.1 Å². The first kappa shape index (κ1) is 17.6. The van der Waals surface area contributed by atoms with Gasteiger partial charge in [-0.2, -0.15) is 0 Å². The summed E-state index contributed by atoms with van der Waals surface area (Å²) in [6.45, 7) is 1.36. The van der Waals surface area contributed by atoms with Crippen LogP contribution < -0.4 is 9.86 Å².